The molecule has 0 unspecified atom stereocenters. The molecule has 2 N–H and O–H groups in total. The third-order valence-electron chi connectivity index (χ3n) is 2.47. The molecule has 0 bridgehead atoms. The molecule has 0 aliphatic heterocycles. The van der Waals surface area contributed by atoms with E-state index in [-0.39, 0.29) is 5.54 Å². The quantitative estimate of drug-likeness (QED) is 0.872. The van der Waals surface area contributed by atoms with E-state index < -0.39 is 0 Å². The highest BCUT2D eigenvalue weighted by Crippen LogP contribution is 2.29. The molecule has 4 nitrogen and oxygen atoms in total. The van der Waals surface area contributed by atoms with Gasteiger partial charge in [0.05, 0.1) is 0 Å². The molecule has 16 heavy (non-hydrogen) atoms. The van der Waals surface area contributed by atoms with Crippen LogP contribution in [0.3, 0.4) is 0 Å². The number of halogens is 1. The van der Waals surface area contributed by atoms with Crippen molar-refractivity contribution in [1.29, 1.82) is 0 Å². The molecule has 0 aliphatic carbocycles. The van der Waals surface area contributed by atoms with Crippen LogP contribution >= 0.6 is 15.9 Å². The SMILES string of the molecule is CCNc1ncnc(NC(C)(C)CC)c1Br. The zero-order chi connectivity index (χ0) is 12.2. The highest BCUT2D eigenvalue weighted by Gasteiger charge is 2.18. The normalized spacial score (nSPS) is 11.3. The summed E-state index contributed by atoms with van der Waals surface area (Å²) in [5.74, 6) is 1.66. The fourth-order valence-electron chi connectivity index (χ4n) is 1.16. The van der Waals surface area contributed by atoms with Crippen LogP contribution in [0.4, 0.5) is 11.6 Å². The topological polar surface area (TPSA) is 49.8 Å². The third kappa shape index (κ3) is 3.33. The van der Waals surface area contributed by atoms with Crippen LogP contribution in [0, 0.1) is 0 Å². The van der Waals surface area contributed by atoms with Crippen LogP contribution in [-0.2, 0) is 0 Å². The maximum Gasteiger partial charge on any atom is 0.146 e. The van der Waals surface area contributed by atoms with Gasteiger partial charge in [-0.05, 0) is 43.1 Å². The maximum absolute atomic E-state index is 4.25. The van der Waals surface area contributed by atoms with Gasteiger partial charge in [0, 0.05) is 12.1 Å². The Kier molecular flexibility index (Phi) is 4.53. The van der Waals surface area contributed by atoms with E-state index in [4.69, 9.17) is 0 Å². The van der Waals surface area contributed by atoms with Crippen molar-refractivity contribution in [3.05, 3.63) is 10.8 Å². The minimum Gasteiger partial charge on any atom is -0.369 e. The summed E-state index contributed by atoms with van der Waals surface area (Å²) < 4.78 is 0.887. The molecule has 1 heterocycles. The van der Waals surface area contributed by atoms with Gasteiger partial charge in [-0.1, -0.05) is 6.92 Å². The van der Waals surface area contributed by atoms with Gasteiger partial charge in [-0.3, -0.25) is 0 Å². The summed E-state index contributed by atoms with van der Waals surface area (Å²) >= 11 is 3.51. The van der Waals surface area contributed by atoms with Crippen molar-refractivity contribution in [1.82, 2.24) is 9.97 Å². The van der Waals surface area contributed by atoms with Gasteiger partial charge in [-0.15, -0.1) is 0 Å². The van der Waals surface area contributed by atoms with Gasteiger partial charge in [0.15, 0.2) is 0 Å². The average molecular weight is 287 g/mol. The lowest BCUT2D eigenvalue weighted by molar-refractivity contribution is 0.544. The van der Waals surface area contributed by atoms with Crippen LogP contribution in [0.15, 0.2) is 10.8 Å². The molecule has 1 aromatic heterocycles. The third-order valence-corrected chi connectivity index (χ3v) is 3.23. The molecule has 0 fully saturated rings. The summed E-state index contributed by atoms with van der Waals surface area (Å²) in [5, 5.41) is 6.58. The second kappa shape index (κ2) is 5.48. The van der Waals surface area contributed by atoms with Crippen LogP contribution in [0.5, 0.6) is 0 Å². The second-order valence-corrected chi connectivity index (χ2v) is 5.07. The number of nitrogens with one attached hydrogen (secondary N) is 2. The second-order valence-electron chi connectivity index (χ2n) is 4.28. The number of anilines is 2. The van der Waals surface area contributed by atoms with E-state index in [1.165, 1.54) is 0 Å². The predicted molar refractivity (Wildman–Crippen MR) is 71.9 cm³/mol. The summed E-state index contributed by atoms with van der Waals surface area (Å²) in [6.45, 7) is 9.32. The molecule has 1 rings (SSSR count). The molecular formula is C11H19BrN4. The zero-order valence-electron chi connectivity index (χ0n) is 10.3. The molecule has 0 radical (unpaired) electrons. The van der Waals surface area contributed by atoms with Crippen molar-refractivity contribution in [2.75, 3.05) is 17.2 Å². The lowest BCUT2D eigenvalue weighted by Gasteiger charge is -2.26. The van der Waals surface area contributed by atoms with E-state index in [1.807, 2.05) is 6.92 Å². The molecule has 0 aliphatic rings. The van der Waals surface area contributed by atoms with Gasteiger partial charge in [-0.2, -0.15) is 0 Å². The lowest BCUT2D eigenvalue weighted by Crippen LogP contribution is -2.30. The van der Waals surface area contributed by atoms with Gasteiger partial charge < -0.3 is 10.6 Å². The first-order valence-corrected chi connectivity index (χ1v) is 6.32. The van der Waals surface area contributed by atoms with E-state index in [9.17, 15) is 0 Å². The minimum atomic E-state index is 0.0281. The molecule has 0 aromatic carbocycles. The summed E-state index contributed by atoms with van der Waals surface area (Å²) in [5.41, 5.74) is 0.0281. The Bertz CT molecular complexity index is 352. The van der Waals surface area contributed by atoms with Crippen LogP contribution < -0.4 is 10.6 Å². The van der Waals surface area contributed by atoms with Crippen molar-refractivity contribution >= 4 is 27.6 Å². The van der Waals surface area contributed by atoms with Crippen molar-refractivity contribution < 1.29 is 0 Å². The van der Waals surface area contributed by atoms with Crippen LogP contribution in [0.1, 0.15) is 34.1 Å². The monoisotopic (exact) mass is 286 g/mol. The van der Waals surface area contributed by atoms with Crippen LogP contribution in [0.25, 0.3) is 0 Å². The Balaban J connectivity index is 2.93. The van der Waals surface area contributed by atoms with Gasteiger partial charge in [-0.25, -0.2) is 9.97 Å². The Morgan fingerprint density at radius 1 is 1.25 bits per heavy atom. The van der Waals surface area contributed by atoms with Gasteiger partial charge in [0.2, 0.25) is 0 Å². The molecule has 0 saturated heterocycles. The Hall–Kier alpha value is -0.840. The lowest BCUT2D eigenvalue weighted by atomic mass is 10.0. The van der Waals surface area contributed by atoms with Gasteiger partial charge >= 0.3 is 0 Å². The van der Waals surface area contributed by atoms with Crippen molar-refractivity contribution in [2.24, 2.45) is 0 Å². The number of nitrogens with zero attached hydrogens (tertiary/aromatic N) is 2. The van der Waals surface area contributed by atoms with Crippen molar-refractivity contribution in [3.8, 4) is 0 Å². The molecule has 0 spiro atoms. The van der Waals surface area contributed by atoms with E-state index in [2.05, 4.69) is 57.3 Å². The highest BCUT2D eigenvalue weighted by atomic mass is 79.9. The Labute approximate surface area is 105 Å². The highest BCUT2D eigenvalue weighted by molar-refractivity contribution is 9.10. The number of hydrogen-bond acceptors (Lipinski definition) is 4. The summed E-state index contributed by atoms with van der Waals surface area (Å²) in [6, 6.07) is 0. The summed E-state index contributed by atoms with van der Waals surface area (Å²) in [7, 11) is 0. The summed E-state index contributed by atoms with van der Waals surface area (Å²) in [4.78, 5) is 8.42. The van der Waals surface area contributed by atoms with Gasteiger partial charge in [0.1, 0.15) is 22.4 Å². The fraction of sp³-hybridized carbons (Fsp3) is 0.636. The van der Waals surface area contributed by atoms with Crippen LogP contribution in [-0.4, -0.2) is 22.1 Å². The molecule has 1 aromatic rings. The standard InChI is InChI=1S/C11H19BrN4/c1-5-11(3,4)16-10-8(12)9(13-6-2)14-7-15-10/h7H,5-6H2,1-4H3,(H2,13,14,15,16). The smallest absolute Gasteiger partial charge is 0.146 e. The van der Waals surface area contributed by atoms with Crippen molar-refractivity contribution in [2.45, 2.75) is 39.7 Å². The molecule has 90 valence electrons. The van der Waals surface area contributed by atoms with E-state index in [0.29, 0.717) is 0 Å². The first-order valence-electron chi connectivity index (χ1n) is 5.52. The Morgan fingerprint density at radius 3 is 2.44 bits per heavy atom. The molecular weight excluding hydrogens is 268 g/mol. The largest absolute Gasteiger partial charge is 0.369 e. The first kappa shape index (κ1) is 13.2. The number of rotatable bonds is 5. The minimum absolute atomic E-state index is 0.0281. The number of hydrogen-bond donors (Lipinski definition) is 2. The fourth-order valence-corrected chi connectivity index (χ4v) is 1.60. The zero-order valence-corrected chi connectivity index (χ0v) is 11.8. The summed E-state index contributed by atoms with van der Waals surface area (Å²) in [6.07, 6.45) is 2.59. The van der Waals surface area contributed by atoms with E-state index >= 15 is 0 Å². The van der Waals surface area contributed by atoms with E-state index in [1.54, 1.807) is 6.33 Å². The Morgan fingerprint density at radius 2 is 1.88 bits per heavy atom. The molecule has 0 amide bonds. The van der Waals surface area contributed by atoms with Crippen molar-refractivity contribution in [3.63, 3.8) is 0 Å². The molecule has 5 heteroatoms. The average Bonchev–Trinajstić information content (AvgIpc) is 2.24. The predicted octanol–water partition coefficient (Wildman–Crippen LogP) is 3.27. The van der Waals surface area contributed by atoms with Gasteiger partial charge in [0.25, 0.3) is 0 Å². The van der Waals surface area contributed by atoms with E-state index in [0.717, 1.165) is 29.1 Å². The molecule has 0 saturated carbocycles. The molecule has 0 atom stereocenters. The number of aromatic nitrogens is 2. The maximum atomic E-state index is 4.25. The van der Waals surface area contributed by atoms with Crippen LogP contribution in [0.2, 0.25) is 0 Å². The first-order chi connectivity index (χ1) is 7.50.